The van der Waals surface area contributed by atoms with E-state index in [0.717, 1.165) is 31.8 Å². The summed E-state index contributed by atoms with van der Waals surface area (Å²) in [7, 11) is 0. The summed E-state index contributed by atoms with van der Waals surface area (Å²) in [4.78, 5) is 12.1. The number of carbonyl (C=O) groups is 1. The standard InChI is InChI=1S/C12H20N2O/c15-12(14-10-3-4-13-7-10)11-6-8-1-2-9(11)5-8/h8-11,13H,1-7H2,(H,14,15). The lowest BCUT2D eigenvalue weighted by atomic mass is 9.88. The Morgan fingerprint density at radius 2 is 2.13 bits per heavy atom. The van der Waals surface area contributed by atoms with Gasteiger partial charge in [0.05, 0.1) is 0 Å². The third-order valence-electron chi connectivity index (χ3n) is 4.48. The molecular weight excluding hydrogens is 188 g/mol. The zero-order chi connectivity index (χ0) is 10.3. The average molecular weight is 208 g/mol. The molecule has 0 spiro atoms. The van der Waals surface area contributed by atoms with E-state index in [1.807, 2.05) is 0 Å². The van der Waals surface area contributed by atoms with Crippen molar-refractivity contribution in [2.75, 3.05) is 13.1 Å². The van der Waals surface area contributed by atoms with Gasteiger partial charge in [-0.05, 0) is 44.1 Å². The minimum Gasteiger partial charge on any atom is -0.352 e. The monoisotopic (exact) mass is 208 g/mol. The summed E-state index contributed by atoms with van der Waals surface area (Å²) < 4.78 is 0. The Morgan fingerprint density at radius 3 is 2.73 bits per heavy atom. The molecule has 2 aliphatic carbocycles. The van der Waals surface area contributed by atoms with Gasteiger partial charge >= 0.3 is 0 Å². The summed E-state index contributed by atoms with van der Waals surface area (Å²) in [5.41, 5.74) is 0. The molecule has 3 aliphatic rings. The van der Waals surface area contributed by atoms with Crippen LogP contribution in [0.4, 0.5) is 0 Å². The van der Waals surface area contributed by atoms with Gasteiger partial charge in [0.25, 0.3) is 0 Å². The van der Waals surface area contributed by atoms with Gasteiger partial charge in [-0.2, -0.15) is 0 Å². The minimum absolute atomic E-state index is 0.343. The van der Waals surface area contributed by atoms with Crippen molar-refractivity contribution in [3.8, 4) is 0 Å². The molecule has 4 atom stereocenters. The largest absolute Gasteiger partial charge is 0.352 e. The van der Waals surface area contributed by atoms with Gasteiger partial charge in [0, 0.05) is 18.5 Å². The molecule has 1 aliphatic heterocycles. The maximum Gasteiger partial charge on any atom is 0.223 e. The van der Waals surface area contributed by atoms with Gasteiger partial charge < -0.3 is 10.6 Å². The normalized spacial score (nSPS) is 43.5. The second kappa shape index (κ2) is 3.78. The number of hydrogen-bond acceptors (Lipinski definition) is 2. The van der Waals surface area contributed by atoms with Crippen LogP contribution in [0.15, 0.2) is 0 Å². The second-order valence-electron chi connectivity index (χ2n) is 5.48. The van der Waals surface area contributed by atoms with E-state index in [1.165, 1.54) is 19.3 Å². The van der Waals surface area contributed by atoms with Crippen LogP contribution < -0.4 is 10.6 Å². The zero-order valence-corrected chi connectivity index (χ0v) is 9.17. The van der Waals surface area contributed by atoms with E-state index < -0.39 is 0 Å². The van der Waals surface area contributed by atoms with Crippen LogP contribution >= 0.6 is 0 Å². The number of fused-ring (bicyclic) bond motifs is 2. The summed E-state index contributed by atoms with van der Waals surface area (Å²) >= 11 is 0. The van der Waals surface area contributed by atoms with E-state index in [0.29, 0.717) is 23.8 Å². The molecule has 0 aromatic heterocycles. The van der Waals surface area contributed by atoms with Crippen LogP contribution in [0.3, 0.4) is 0 Å². The molecule has 1 heterocycles. The van der Waals surface area contributed by atoms with Crippen molar-refractivity contribution in [1.82, 2.24) is 10.6 Å². The topological polar surface area (TPSA) is 41.1 Å². The fourth-order valence-corrected chi connectivity index (χ4v) is 3.65. The lowest BCUT2D eigenvalue weighted by Crippen LogP contribution is -2.41. The van der Waals surface area contributed by atoms with Crippen molar-refractivity contribution < 1.29 is 4.79 Å². The quantitative estimate of drug-likeness (QED) is 0.708. The molecule has 2 saturated carbocycles. The number of carbonyl (C=O) groups excluding carboxylic acids is 1. The third-order valence-corrected chi connectivity index (χ3v) is 4.48. The van der Waals surface area contributed by atoms with Gasteiger partial charge in [0.2, 0.25) is 5.91 Å². The first-order valence-corrected chi connectivity index (χ1v) is 6.34. The van der Waals surface area contributed by atoms with E-state index in [-0.39, 0.29) is 0 Å². The van der Waals surface area contributed by atoms with Crippen molar-refractivity contribution in [3.63, 3.8) is 0 Å². The second-order valence-corrected chi connectivity index (χ2v) is 5.48. The fraction of sp³-hybridized carbons (Fsp3) is 0.917. The highest BCUT2D eigenvalue weighted by atomic mass is 16.2. The lowest BCUT2D eigenvalue weighted by Gasteiger charge is -2.22. The van der Waals surface area contributed by atoms with Gasteiger partial charge in [-0.25, -0.2) is 0 Å². The van der Waals surface area contributed by atoms with Crippen LogP contribution in [0.25, 0.3) is 0 Å². The molecule has 4 unspecified atom stereocenters. The van der Waals surface area contributed by atoms with E-state index >= 15 is 0 Å². The number of rotatable bonds is 2. The van der Waals surface area contributed by atoms with Gasteiger partial charge in [0.1, 0.15) is 0 Å². The Kier molecular flexibility index (Phi) is 2.43. The van der Waals surface area contributed by atoms with Crippen molar-refractivity contribution in [1.29, 1.82) is 0 Å². The predicted octanol–water partition coefficient (Wildman–Crippen LogP) is 0.901. The maximum absolute atomic E-state index is 12.1. The first kappa shape index (κ1) is 9.64. The molecule has 0 aromatic rings. The van der Waals surface area contributed by atoms with E-state index in [2.05, 4.69) is 10.6 Å². The Bertz CT molecular complexity index is 260. The Balaban J connectivity index is 1.56. The number of hydrogen-bond donors (Lipinski definition) is 2. The first-order valence-electron chi connectivity index (χ1n) is 6.34. The zero-order valence-electron chi connectivity index (χ0n) is 9.17. The molecule has 3 heteroatoms. The highest BCUT2D eigenvalue weighted by Crippen LogP contribution is 2.48. The maximum atomic E-state index is 12.1. The molecule has 3 rings (SSSR count). The van der Waals surface area contributed by atoms with Crippen molar-refractivity contribution in [3.05, 3.63) is 0 Å². The molecule has 15 heavy (non-hydrogen) atoms. The molecule has 2 N–H and O–H groups in total. The fourth-order valence-electron chi connectivity index (χ4n) is 3.65. The van der Waals surface area contributed by atoms with Crippen LogP contribution in [0.5, 0.6) is 0 Å². The number of amides is 1. The number of nitrogens with one attached hydrogen (secondary N) is 2. The summed E-state index contributed by atoms with van der Waals surface area (Å²) in [6.45, 7) is 2.02. The predicted molar refractivity (Wildman–Crippen MR) is 58.4 cm³/mol. The summed E-state index contributed by atoms with van der Waals surface area (Å²) in [6, 6.07) is 0.400. The Hall–Kier alpha value is -0.570. The highest BCUT2D eigenvalue weighted by molar-refractivity contribution is 5.79. The summed E-state index contributed by atoms with van der Waals surface area (Å²) in [6.07, 6.45) is 6.26. The van der Waals surface area contributed by atoms with Crippen LogP contribution in [-0.2, 0) is 4.79 Å². The lowest BCUT2D eigenvalue weighted by molar-refractivity contribution is -0.127. The van der Waals surface area contributed by atoms with Gasteiger partial charge in [-0.15, -0.1) is 0 Å². The molecule has 3 nitrogen and oxygen atoms in total. The third kappa shape index (κ3) is 1.78. The van der Waals surface area contributed by atoms with Crippen LogP contribution in [0.1, 0.15) is 32.1 Å². The van der Waals surface area contributed by atoms with E-state index in [4.69, 9.17) is 0 Å². The average Bonchev–Trinajstić information content (AvgIpc) is 2.93. The Labute approximate surface area is 91.0 Å². The molecular formula is C12H20N2O. The van der Waals surface area contributed by atoms with Crippen LogP contribution in [0, 0.1) is 17.8 Å². The molecule has 2 bridgehead atoms. The van der Waals surface area contributed by atoms with Gasteiger partial charge in [-0.3, -0.25) is 4.79 Å². The smallest absolute Gasteiger partial charge is 0.223 e. The van der Waals surface area contributed by atoms with Crippen LogP contribution in [-0.4, -0.2) is 25.0 Å². The van der Waals surface area contributed by atoms with Crippen molar-refractivity contribution in [2.45, 2.75) is 38.1 Å². The summed E-state index contributed by atoms with van der Waals surface area (Å²) in [5.74, 6) is 2.28. The Morgan fingerprint density at radius 1 is 1.20 bits per heavy atom. The van der Waals surface area contributed by atoms with Gasteiger partial charge in [-0.1, -0.05) is 6.42 Å². The highest BCUT2D eigenvalue weighted by Gasteiger charge is 2.43. The first-order chi connectivity index (χ1) is 7.33. The van der Waals surface area contributed by atoms with Crippen molar-refractivity contribution >= 4 is 5.91 Å². The molecule has 3 fully saturated rings. The van der Waals surface area contributed by atoms with Gasteiger partial charge in [0.15, 0.2) is 0 Å². The summed E-state index contributed by atoms with van der Waals surface area (Å²) in [5, 5.41) is 6.49. The molecule has 0 aromatic carbocycles. The molecule has 1 amide bonds. The minimum atomic E-state index is 0.343. The van der Waals surface area contributed by atoms with E-state index in [9.17, 15) is 4.79 Å². The van der Waals surface area contributed by atoms with Crippen LogP contribution in [0.2, 0.25) is 0 Å². The molecule has 0 radical (unpaired) electrons. The van der Waals surface area contributed by atoms with Crippen molar-refractivity contribution in [2.24, 2.45) is 17.8 Å². The molecule has 84 valence electrons. The SMILES string of the molecule is O=C(NC1CCNC1)C1CC2CCC1C2. The van der Waals surface area contributed by atoms with E-state index in [1.54, 1.807) is 0 Å². The molecule has 1 saturated heterocycles.